The Labute approximate surface area is 155 Å². The number of nitrogens with zero attached hydrogens (tertiary/aromatic N) is 1. The number of benzene rings is 2. The molecule has 0 saturated carbocycles. The minimum Gasteiger partial charge on any atom is -0.508 e. The number of ether oxygens (including phenoxy) is 1. The lowest BCUT2D eigenvalue weighted by Crippen LogP contribution is -2.23. The Morgan fingerprint density at radius 2 is 1.81 bits per heavy atom. The summed E-state index contributed by atoms with van der Waals surface area (Å²) < 4.78 is 30.0. The van der Waals surface area contributed by atoms with E-state index in [-0.39, 0.29) is 21.9 Å². The summed E-state index contributed by atoms with van der Waals surface area (Å²) in [7, 11) is -0.881. The van der Waals surface area contributed by atoms with Crippen molar-refractivity contribution in [2.45, 2.75) is 4.90 Å². The van der Waals surface area contributed by atoms with Gasteiger partial charge in [0.15, 0.2) is 6.61 Å². The van der Waals surface area contributed by atoms with Crippen molar-refractivity contribution in [2.24, 2.45) is 0 Å². The number of carbonyl (C=O) groups is 2. The van der Waals surface area contributed by atoms with E-state index in [1.807, 2.05) is 0 Å². The van der Waals surface area contributed by atoms with Crippen LogP contribution in [-0.4, -0.2) is 55.5 Å². The zero-order valence-corrected chi connectivity index (χ0v) is 15.4. The van der Waals surface area contributed by atoms with Gasteiger partial charge in [-0.25, -0.2) is 17.5 Å². The quantitative estimate of drug-likeness (QED) is 0.626. The maximum Gasteiger partial charge on any atom is 0.342 e. The van der Waals surface area contributed by atoms with E-state index in [0.717, 1.165) is 16.4 Å². The molecule has 10 heteroatoms. The molecule has 0 radical (unpaired) electrons. The lowest BCUT2D eigenvalue weighted by molar-refractivity contribution is -0.119. The number of anilines is 1. The SMILES string of the molecule is CN(C)S(=O)(=O)c1cccc(NC(=O)COC(=O)c2ccc(O)cc2O)c1. The van der Waals surface area contributed by atoms with Crippen LogP contribution in [0.15, 0.2) is 47.4 Å². The Balaban J connectivity index is 2.01. The number of phenolic OH excluding ortho intramolecular Hbond substituents is 2. The molecule has 0 unspecified atom stereocenters. The number of phenols is 2. The van der Waals surface area contributed by atoms with E-state index in [1.165, 1.54) is 44.4 Å². The van der Waals surface area contributed by atoms with Gasteiger partial charge in [-0.1, -0.05) is 6.07 Å². The van der Waals surface area contributed by atoms with Crippen molar-refractivity contribution in [1.29, 1.82) is 0 Å². The summed E-state index contributed by atoms with van der Waals surface area (Å²) in [6.45, 7) is -0.649. The van der Waals surface area contributed by atoms with Gasteiger partial charge in [0.1, 0.15) is 17.1 Å². The lowest BCUT2D eigenvalue weighted by atomic mass is 10.2. The molecule has 0 atom stereocenters. The third-order valence-corrected chi connectivity index (χ3v) is 5.24. The zero-order valence-electron chi connectivity index (χ0n) is 14.5. The highest BCUT2D eigenvalue weighted by Crippen LogP contribution is 2.23. The van der Waals surface area contributed by atoms with E-state index in [4.69, 9.17) is 4.74 Å². The minimum atomic E-state index is -3.66. The molecule has 0 heterocycles. The monoisotopic (exact) mass is 394 g/mol. The predicted octanol–water partition coefficient (Wildman–Crippen LogP) is 1.14. The molecule has 0 saturated heterocycles. The van der Waals surface area contributed by atoms with E-state index < -0.39 is 34.3 Å². The van der Waals surface area contributed by atoms with Crippen LogP contribution in [0.25, 0.3) is 0 Å². The van der Waals surface area contributed by atoms with Crippen LogP contribution in [0, 0.1) is 0 Å². The molecule has 144 valence electrons. The molecule has 3 N–H and O–H groups in total. The number of hydrogen-bond acceptors (Lipinski definition) is 7. The van der Waals surface area contributed by atoms with Crippen LogP contribution in [-0.2, 0) is 19.6 Å². The smallest absolute Gasteiger partial charge is 0.342 e. The Hall–Kier alpha value is -3.11. The van der Waals surface area contributed by atoms with Crippen LogP contribution in [0.3, 0.4) is 0 Å². The molecule has 27 heavy (non-hydrogen) atoms. The first-order chi connectivity index (χ1) is 12.6. The van der Waals surface area contributed by atoms with Gasteiger partial charge in [0.25, 0.3) is 5.91 Å². The van der Waals surface area contributed by atoms with Crippen LogP contribution in [0.4, 0.5) is 5.69 Å². The molecule has 0 spiro atoms. The molecule has 0 aliphatic heterocycles. The number of esters is 1. The molecule has 0 aliphatic carbocycles. The summed E-state index contributed by atoms with van der Waals surface area (Å²) >= 11 is 0. The van der Waals surface area contributed by atoms with Crippen molar-refractivity contribution in [3.63, 3.8) is 0 Å². The van der Waals surface area contributed by atoms with E-state index in [9.17, 15) is 28.2 Å². The molecule has 0 aromatic heterocycles. The maximum absolute atomic E-state index is 12.1. The molecule has 0 aliphatic rings. The van der Waals surface area contributed by atoms with Crippen LogP contribution in [0.1, 0.15) is 10.4 Å². The molecular weight excluding hydrogens is 376 g/mol. The van der Waals surface area contributed by atoms with Crippen LogP contribution in [0.2, 0.25) is 0 Å². The van der Waals surface area contributed by atoms with E-state index >= 15 is 0 Å². The van der Waals surface area contributed by atoms with Gasteiger partial charge < -0.3 is 20.3 Å². The maximum atomic E-state index is 12.1. The first kappa shape index (κ1) is 20.2. The van der Waals surface area contributed by atoms with Crippen molar-refractivity contribution >= 4 is 27.6 Å². The van der Waals surface area contributed by atoms with Gasteiger partial charge in [0.2, 0.25) is 10.0 Å². The second-order valence-electron chi connectivity index (χ2n) is 5.64. The first-order valence-corrected chi connectivity index (χ1v) is 9.07. The zero-order chi connectivity index (χ0) is 20.2. The minimum absolute atomic E-state index is 0.00342. The number of sulfonamides is 1. The van der Waals surface area contributed by atoms with E-state index in [0.29, 0.717) is 0 Å². The second-order valence-corrected chi connectivity index (χ2v) is 7.79. The Morgan fingerprint density at radius 3 is 2.44 bits per heavy atom. The Kier molecular flexibility index (Phi) is 6.03. The second kappa shape index (κ2) is 8.06. The molecule has 1 amide bonds. The summed E-state index contributed by atoms with van der Waals surface area (Å²) in [5, 5.41) is 21.2. The van der Waals surface area contributed by atoms with Crippen molar-refractivity contribution in [3.05, 3.63) is 48.0 Å². The third kappa shape index (κ3) is 4.96. The molecular formula is C17H18N2O7S. The van der Waals surface area contributed by atoms with Crippen LogP contribution >= 0.6 is 0 Å². The van der Waals surface area contributed by atoms with Gasteiger partial charge >= 0.3 is 5.97 Å². The Bertz CT molecular complexity index is 971. The van der Waals surface area contributed by atoms with E-state index in [1.54, 1.807) is 0 Å². The Morgan fingerprint density at radius 1 is 1.11 bits per heavy atom. The van der Waals surface area contributed by atoms with Crippen molar-refractivity contribution in [3.8, 4) is 11.5 Å². The van der Waals surface area contributed by atoms with E-state index in [2.05, 4.69) is 5.32 Å². The largest absolute Gasteiger partial charge is 0.508 e. The normalized spacial score (nSPS) is 11.2. The average Bonchev–Trinajstić information content (AvgIpc) is 2.59. The van der Waals surface area contributed by atoms with Gasteiger partial charge in [0.05, 0.1) is 4.90 Å². The molecule has 2 aromatic rings. The number of nitrogens with one attached hydrogen (secondary N) is 1. The molecule has 0 fully saturated rings. The van der Waals surface area contributed by atoms with Gasteiger partial charge in [-0.3, -0.25) is 4.79 Å². The number of rotatable bonds is 6. The summed E-state index contributed by atoms with van der Waals surface area (Å²) in [5.41, 5.74) is 0.00567. The summed E-state index contributed by atoms with van der Waals surface area (Å²) in [6, 6.07) is 8.92. The highest BCUT2D eigenvalue weighted by atomic mass is 32.2. The fourth-order valence-corrected chi connectivity index (χ4v) is 2.99. The topological polar surface area (TPSA) is 133 Å². The average molecular weight is 394 g/mol. The van der Waals surface area contributed by atoms with Crippen LogP contribution < -0.4 is 5.32 Å². The molecule has 2 rings (SSSR count). The van der Waals surface area contributed by atoms with Gasteiger partial charge in [0, 0.05) is 25.8 Å². The van der Waals surface area contributed by atoms with Crippen molar-refractivity contribution in [1.82, 2.24) is 4.31 Å². The predicted molar refractivity (Wildman–Crippen MR) is 96.0 cm³/mol. The highest BCUT2D eigenvalue weighted by Gasteiger charge is 2.18. The summed E-state index contributed by atoms with van der Waals surface area (Å²) in [6.07, 6.45) is 0. The fraction of sp³-hybridized carbons (Fsp3) is 0.176. The van der Waals surface area contributed by atoms with Gasteiger partial charge in [-0.2, -0.15) is 0 Å². The third-order valence-electron chi connectivity index (χ3n) is 3.43. The number of aromatic hydroxyl groups is 2. The molecule has 9 nitrogen and oxygen atoms in total. The summed E-state index contributed by atoms with van der Waals surface area (Å²) in [5.74, 6) is -2.36. The van der Waals surface area contributed by atoms with Gasteiger partial charge in [-0.15, -0.1) is 0 Å². The number of amides is 1. The summed E-state index contributed by atoms with van der Waals surface area (Å²) in [4.78, 5) is 23.8. The number of hydrogen-bond donors (Lipinski definition) is 3. The molecule has 2 aromatic carbocycles. The highest BCUT2D eigenvalue weighted by molar-refractivity contribution is 7.89. The lowest BCUT2D eigenvalue weighted by Gasteiger charge is -2.13. The number of carbonyl (C=O) groups excluding carboxylic acids is 2. The fourth-order valence-electron chi connectivity index (χ4n) is 2.04. The van der Waals surface area contributed by atoms with Crippen molar-refractivity contribution in [2.75, 3.05) is 26.0 Å². The first-order valence-electron chi connectivity index (χ1n) is 7.63. The van der Waals surface area contributed by atoms with Gasteiger partial charge in [-0.05, 0) is 30.3 Å². The standard InChI is InChI=1S/C17H18N2O7S/c1-19(2)27(24,25)13-5-3-4-11(8-13)18-16(22)10-26-17(23)14-7-6-12(20)9-15(14)21/h3-9,20-21H,10H2,1-2H3,(H,18,22). The van der Waals surface area contributed by atoms with Crippen LogP contribution in [0.5, 0.6) is 11.5 Å². The molecule has 0 bridgehead atoms. The van der Waals surface area contributed by atoms with Crippen molar-refractivity contribution < 1.29 is 33.0 Å².